The molecule has 0 aromatic carbocycles. The molecule has 1 aliphatic rings. The summed E-state index contributed by atoms with van der Waals surface area (Å²) in [6.07, 6.45) is 7.29. The third-order valence-electron chi connectivity index (χ3n) is 2.06. The second kappa shape index (κ2) is 3.69. The maximum absolute atomic E-state index is 9.28. The van der Waals surface area contributed by atoms with Crippen LogP contribution in [0.4, 0.5) is 0 Å². The molecule has 0 heterocycles. The Balaban J connectivity index is 2.63. The molecular formula is C9H14O2. The Kier molecular flexibility index (Phi) is 2.85. The Bertz CT molecular complexity index is 170. The Labute approximate surface area is 66.9 Å². The van der Waals surface area contributed by atoms with Crippen LogP contribution < -0.4 is 0 Å². The number of hydrogen-bond acceptors (Lipinski definition) is 2. The molecule has 0 aliphatic heterocycles. The minimum Gasteiger partial charge on any atom is -0.396 e. The largest absolute Gasteiger partial charge is 0.396 e. The van der Waals surface area contributed by atoms with E-state index in [1.807, 2.05) is 24.3 Å². The molecule has 11 heavy (non-hydrogen) atoms. The summed E-state index contributed by atoms with van der Waals surface area (Å²) in [5.41, 5.74) is 0. The summed E-state index contributed by atoms with van der Waals surface area (Å²) in [4.78, 5) is 0. The van der Waals surface area contributed by atoms with Crippen molar-refractivity contribution in [3.8, 4) is 0 Å². The second-order valence-corrected chi connectivity index (χ2v) is 2.93. The summed E-state index contributed by atoms with van der Waals surface area (Å²) in [7, 11) is 0. The molecule has 0 saturated carbocycles. The summed E-state index contributed by atoms with van der Waals surface area (Å²) in [6, 6.07) is 0. The van der Waals surface area contributed by atoms with Crippen LogP contribution in [0.5, 0.6) is 0 Å². The molecule has 3 atom stereocenters. The molecule has 0 fully saturated rings. The molecule has 0 radical (unpaired) electrons. The molecule has 1 rings (SSSR count). The van der Waals surface area contributed by atoms with Crippen molar-refractivity contribution in [2.45, 2.75) is 13.0 Å². The summed E-state index contributed by atoms with van der Waals surface area (Å²) in [5.74, 6) is 0.157. The van der Waals surface area contributed by atoms with Gasteiger partial charge in [0.05, 0.1) is 12.7 Å². The van der Waals surface area contributed by atoms with E-state index in [2.05, 4.69) is 0 Å². The van der Waals surface area contributed by atoms with Crippen molar-refractivity contribution in [3.63, 3.8) is 0 Å². The van der Waals surface area contributed by atoms with Gasteiger partial charge in [-0.15, -0.1) is 0 Å². The van der Waals surface area contributed by atoms with Gasteiger partial charge >= 0.3 is 0 Å². The number of hydrogen-bond donors (Lipinski definition) is 2. The summed E-state index contributed by atoms with van der Waals surface area (Å²) in [5, 5.41) is 18.2. The smallest absolute Gasteiger partial charge is 0.0581 e. The van der Waals surface area contributed by atoms with Gasteiger partial charge < -0.3 is 10.2 Å². The second-order valence-electron chi connectivity index (χ2n) is 2.93. The highest BCUT2D eigenvalue weighted by Gasteiger charge is 2.21. The van der Waals surface area contributed by atoms with Crippen LogP contribution >= 0.6 is 0 Å². The van der Waals surface area contributed by atoms with Gasteiger partial charge in [0.2, 0.25) is 0 Å². The highest BCUT2D eigenvalue weighted by atomic mass is 16.3. The fourth-order valence-electron chi connectivity index (χ4n) is 1.37. The topological polar surface area (TPSA) is 40.5 Å². The highest BCUT2D eigenvalue weighted by molar-refractivity contribution is 5.15. The van der Waals surface area contributed by atoms with Gasteiger partial charge in [-0.25, -0.2) is 0 Å². The molecule has 0 aromatic rings. The van der Waals surface area contributed by atoms with Gasteiger partial charge in [0.15, 0.2) is 0 Å². The molecule has 2 N–H and O–H groups in total. The lowest BCUT2D eigenvalue weighted by Crippen LogP contribution is -2.26. The van der Waals surface area contributed by atoms with E-state index in [0.717, 1.165) is 0 Å². The van der Waals surface area contributed by atoms with E-state index in [-0.39, 0.29) is 24.5 Å². The third-order valence-corrected chi connectivity index (χ3v) is 2.06. The number of rotatable bonds is 2. The van der Waals surface area contributed by atoms with E-state index in [4.69, 9.17) is 5.11 Å². The van der Waals surface area contributed by atoms with Gasteiger partial charge in [-0.2, -0.15) is 0 Å². The zero-order chi connectivity index (χ0) is 8.27. The minimum atomic E-state index is -0.381. The molecule has 0 aromatic heterocycles. The van der Waals surface area contributed by atoms with Gasteiger partial charge in [0, 0.05) is 11.8 Å². The van der Waals surface area contributed by atoms with Gasteiger partial charge in [0.1, 0.15) is 0 Å². The molecule has 3 unspecified atom stereocenters. The number of allylic oxidation sites excluding steroid dienone is 2. The first-order valence-corrected chi connectivity index (χ1v) is 3.89. The monoisotopic (exact) mass is 154 g/mol. The third kappa shape index (κ3) is 1.91. The van der Waals surface area contributed by atoms with Crippen LogP contribution in [0.15, 0.2) is 24.3 Å². The zero-order valence-electron chi connectivity index (χ0n) is 6.64. The van der Waals surface area contributed by atoms with Crippen molar-refractivity contribution in [1.82, 2.24) is 0 Å². The van der Waals surface area contributed by atoms with Crippen LogP contribution in [-0.2, 0) is 0 Å². The van der Waals surface area contributed by atoms with Gasteiger partial charge in [0.25, 0.3) is 0 Å². The normalized spacial score (nSPS) is 32.3. The standard InChI is InChI=1S/C9H14O2/c1-7(11)9-5-3-2-4-8(9)6-10/h2-5,7-11H,6H2,1H3. The minimum absolute atomic E-state index is 0.0741. The average Bonchev–Trinajstić information content (AvgIpc) is 2.04. The summed E-state index contributed by atoms with van der Waals surface area (Å²) in [6.45, 7) is 1.85. The van der Waals surface area contributed by atoms with Crippen LogP contribution in [-0.4, -0.2) is 22.9 Å². The quantitative estimate of drug-likeness (QED) is 0.615. The van der Waals surface area contributed by atoms with Crippen molar-refractivity contribution < 1.29 is 10.2 Å². The van der Waals surface area contributed by atoms with Gasteiger partial charge in [-0.05, 0) is 6.92 Å². The lowest BCUT2D eigenvalue weighted by molar-refractivity contribution is 0.102. The zero-order valence-corrected chi connectivity index (χ0v) is 6.64. The first-order valence-electron chi connectivity index (χ1n) is 3.89. The summed E-state index contributed by atoms with van der Waals surface area (Å²) >= 11 is 0. The number of aliphatic hydroxyl groups is 2. The van der Waals surface area contributed by atoms with E-state index in [9.17, 15) is 5.11 Å². The van der Waals surface area contributed by atoms with E-state index in [1.54, 1.807) is 6.92 Å². The molecule has 0 bridgehead atoms. The van der Waals surface area contributed by atoms with Crippen molar-refractivity contribution in [2.75, 3.05) is 6.61 Å². The van der Waals surface area contributed by atoms with Crippen molar-refractivity contribution in [1.29, 1.82) is 0 Å². The fourth-order valence-corrected chi connectivity index (χ4v) is 1.37. The van der Waals surface area contributed by atoms with Crippen LogP contribution in [0.2, 0.25) is 0 Å². The summed E-state index contributed by atoms with van der Waals surface area (Å²) < 4.78 is 0. The average molecular weight is 154 g/mol. The predicted molar refractivity (Wildman–Crippen MR) is 44.0 cm³/mol. The van der Waals surface area contributed by atoms with Crippen LogP contribution in [0, 0.1) is 11.8 Å². The Morgan fingerprint density at radius 3 is 2.45 bits per heavy atom. The molecule has 1 aliphatic carbocycles. The maximum Gasteiger partial charge on any atom is 0.0581 e. The lowest BCUT2D eigenvalue weighted by atomic mass is 9.85. The van der Waals surface area contributed by atoms with E-state index in [1.165, 1.54) is 0 Å². The molecule has 0 amide bonds. The van der Waals surface area contributed by atoms with E-state index in [0.29, 0.717) is 0 Å². The fraction of sp³-hybridized carbons (Fsp3) is 0.556. The Hall–Kier alpha value is -0.600. The molecule has 0 saturated heterocycles. The van der Waals surface area contributed by atoms with Crippen molar-refractivity contribution >= 4 is 0 Å². The predicted octanol–water partition coefficient (Wildman–Crippen LogP) is 0.718. The van der Waals surface area contributed by atoms with Crippen LogP contribution in [0.25, 0.3) is 0 Å². The SMILES string of the molecule is CC(O)C1C=CC=CC1CO. The van der Waals surface area contributed by atoms with Gasteiger partial charge in [-0.1, -0.05) is 24.3 Å². The molecule has 2 nitrogen and oxygen atoms in total. The molecular weight excluding hydrogens is 140 g/mol. The van der Waals surface area contributed by atoms with Gasteiger partial charge in [-0.3, -0.25) is 0 Å². The Morgan fingerprint density at radius 2 is 2.00 bits per heavy atom. The van der Waals surface area contributed by atoms with Crippen molar-refractivity contribution in [3.05, 3.63) is 24.3 Å². The van der Waals surface area contributed by atoms with E-state index < -0.39 is 0 Å². The first kappa shape index (κ1) is 8.50. The van der Waals surface area contributed by atoms with Crippen LogP contribution in [0.3, 0.4) is 0 Å². The Morgan fingerprint density at radius 1 is 1.36 bits per heavy atom. The van der Waals surface area contributed by atoms with Crippen LogP contribution in [0.1, 0.15) is 6.92 Å². The maximum atomic E-state index is 9.28. The highest BCUT2D eigenvalue weighted by Crippen LogP contribution is 2.22. The molecule has 2 heteroatoms. The van der Waals surface area contributed by atoms with Crippen molar-refractivity contribution in [2.24, 2.45) is 11.8 Å². The van der Waals surface area contributed by atoms with E-state index >= 15 is 0 Å². The molecule has 62 valence electrons. The molecule has 0 spiro atoms. The first-order chi connectivity index (χ1) is 5.25. The number of aliphatic hydroxyl groups excluding tert-OH is 2. The lowest BCUT2D eigenvalue weighted by Gasteiger charge is -2.24.